The van der Waals surface area contributed by atoms with Crippen LogP contribution < -0.4 is 14.8 Å². The van der Waals surface area contributed by atoms with Crippen molar-refractivity contribution in [2.75, 3.05) is 20.8 Å². The zero-order valence-electron chi connectivity index (χ0n) is 18.9. The molecule has 2 aromatic carbocycles. The van der Waals surface area contributed by atoms with Crippen molar-refractivity contribution in [1.29, 1.82) is 0 Å². The first-order valence-electron chi connectivity index (χ1n) is 10.6. The van der Waals surface area contributed by atoms with Gasteiger partial charge in [0.1, 0.15) is 5.82 Å². The largest absolute Gasteiger partial charge is 0.493 e. The molecule has 172 valence electrons. The fourth-order valence-electron chi connectivity index (χ4n) is 3.91. The molecule has 1 aliphatic heterocycles. The van der Waals surface area contributed by atoms with E-state index in [0.717, 1.165) is 12.0 Å². The van der Waals surface area contributed by atoms with E-state index in [1.54, 1.807) is 43.4 Å². The van der Waals surface area contributed by atoms with Crippen LogP contribution in [0.1, 0.15) is 37.8 Å². The third-order valence-corrected chi connectivity index (χ3v) is 5.52. The molecule has 8 nitrogen and oxygen atoms in total. The Labute approximate surface area is 191 Å². The van der Waals surface area contributed by atoms with E-state index in [1.165, 1.54) is 12.1 Å². The number of methoxy groups -OCH3 is 2. The van der Waals surface area contributed by atoms with Crippen molar-refractivity contribution in [1.82, 2.24) is 20.4 Å². The normalized spacial score (nSPS) is 16.1. The van der Waals surface area contributed by atoms with E-state index < -0.39 is 11.9 Å². The molecule has 2 amide bonds. The van der Waals surface area contributed by atoms with Crippen LogP contribution in [0, 0.1) is 5.82 Å². The van der Waals surface area contributed by atoms with Crippen molar-refractivity contribution in [2.24, 2.45) is 0 Å². The van der Waals surface area contributed by atoms with E-state index >= 15 is 0 Å². The van der Waals surface area contributed by atoms with Crippen molar-refractivity contribution in [2.45, 2.75) is 26.3 Å². The maximum atomic E-state index is 13.7. The number of benzene rings is 2. The molecule has 33 heavy (non-hydrogen) atoms. The number of nitrogens with one attached hydrogen (secondary N) is 1. The average molecular weight is 452 g/mol. The van der Waals surface area contributed by atoms with Crippen molar-refractivity contribution in [3.63, 3.8) is 0 Å². The van der Waals surface area contributed by atoms with Crippen LogP contribution in [-0.2, 0) is 0 Å². The summed E-state index contributed by atoms with van der Waals surface area (Å²) in [5.74, 6) is 1.21. The Balaban J connectivity index is 1.83. The third kappa shape index (κ3) is 4.26. The summed E-state index contributed by atoms with van der Waals surface area (Å²) in [5, 5.41) is 7.09. The lowest BCUT2D eigenvalue weighted by molar-refractivity contribution is 0.205. The average Bonchev–Trinajstić information content (AvgIpc) is 3.30. The van der Waals surface area contributed by atoms with Gasteiger partial charge in [-0.1, -0.05) is 30.3 Å². The molecule has 3 aromatic rings. The highest BCUT2D eigenvalue weighted by atomic mass is 19.1. The van der Waals surface area contributed by atoms with E-state index in [4.69, 9.17) is 14.0 Å². The molecule has 0 saturated carbocycles. The van der Waals surface area contributed by atoms with Gasteiger partial charge >= 0.3 is 6.03 Å². The molecule has 0 spiro atoms. The first-order valence-corrected chi connectivity index (χ1v) is 10.6. The highest BCUT2D eigenvalue weighted by Crippen LogP contribution is 2.40. The van der Waals surface area contributed by atoms with Crippen molar-refractivity contribution < 1.29 is 23.2 Å². The molecule has 0 fully saturated rings. The highest BCUT2D eigenvalue weighted by Gasteiger charge is 2.35. The Morgan fingerprint density at radius 1 is 1.15 bits per heavy atom. The number of halogens is 1. The number of nitrogens with zero attached hydrogens (tertiary/aromatic N) is 3. The summed E-state index contributed by atoms with van der Waals surface area (Å²) in [7, 11) is 3.11. The second kappa shape index (κ2) is 9.32. The zero-order chi connectivity index (χ0) is 23.5. The summed E-state index contributed by atoms with van der Waals surface area (Å²) in [6.07, 6.45) is 0.775. The van der Waals surface area contributed by atoms with Crippen LogP contribution >= 0.6 is 0 Å². The number of carbonyl (C=O) groups is 1. The van der Waals surface area contributed by atoms with Gasteiger partial charge in [-0.15, -0.1) is 0 Å². The molecular weight excluding hydrogens is 427 g/mol. The topological polar surface area (TPSA) is 89.7 Å². The molecule has 0 bridgehead atoms. The number of carbonyl (C=O) groups excluding carboxylic acids is 1. The number of allylic oxidation sites excluding steroid dienone is 1. The number of aromatic nitrogens is 2. The first kappa shape index (κ1) is 22.3. The van der Waals surface area contributed by atoms with Gasteiger partial charge in [0, 0.05) is 17.8 Å². The Bertz CT molecular complexity index is 1210. The molecule has 1 aliphatic rings. The summed E-state index contributed by atoms with van der Waals surface area (Å²) in [6.45, 7) is 4.38. The van der Waals surface area contributed by atoms with Crippen LogP contribution in [0.5, 0.6) is 11.5 Å². The van der Waals surface area contributed by atoms with E-state index in [2.05, 4.69) is 15.5 Å². The SMILES string of the molecule is CCCN1C(=O)NC(c2ccc(OC)c(OC)c2)C(c2nc(-c3cccc(F)c3)no2)=C1C. The minimum Gasteiger partial charge on any atom is -0.493 e. The molecule has 1 atom stereocenters. The number of ether oxygens (including phenoxy) is 2. The summed E-state index contributed by atoms with van der Waals surface area (Å²) in [5.41, 5.74) is 2.62. The summed E-state index contributed by atoms with van der Waals surface area (Å²) in [4.78, 5) is 19.1. The highest BCUT2D eigenvalue weighted by molar-refractivity contribution is 5.87. The van der Waals surface area contributed by atoms with E-state index in [9.17, 15) is 9.18 Å². The number of amides is 2. The van der Waals surface area contributed by atoms with E-state index in [0.29, 0.717) is 34.9 Å². The minimum atomic E-state index is -0.564. The maximum Gasteiger partial charge on any atom is 0.322 e. The molecular formula is C24H25FN4O4. The van der Waals surface area contributed by atoms with Gasteiger partial charge in [-0.05, 0) is 43.2 Å². The van der Waals surface area contributed by atoms with Gasteiger partial charge in [0.25, 0.3) is 5.89 Å². The second-order valence-electron chi connectivity index (χ2n) is 7.58. The molecule has 4 rings (SSSR count). The summed E-state index contributed by atoms with van der Waals surface area (Å²) < 4.78 is 30.1. The smallest absolute Gasteiger partial charge is 0.322 e. The van der Waals surface area contributed by atoms with Gasteiger partial charge in [-0.25, -0.2) is 9.18 Å². The third-order valence-electron chi connectivity index (χ3n) is 5.52. The first-order chi connectivity index (χ1) is 16.0. The van der Waals surface area contributed by atoms with Gasteiger partial charge in [-0.3, -0.25) is 4.90 Å². The molecule has 2 heterocycles. The molecule has 0 saturated heterocycles. The predicted octanol–water partition coefficient (Wildman–Crippen LogP) is 4.80. The predicted molar refractivity (Wildman–Crippen MR) is 120 cm³/mol. The fraction of sp³-hybridized carbons (Fsp3) is 0.292. The van der Waals surface area contributed by atoms with Gasteiger partial charge in [0.05, 0.1) is 25.8 Å². The van der Waals surface area contributed by atoms with Gasteiger partial charge in [-0.2, -0.15) is 4.98 Å². The van der Waals surface area contributed by atoms with Crippen LogP contribution in [0.3, 0.4) is 0 Å². The van der Waals surface area contributed by atoms with Crippen LogP contribution in [0.2, 0.25) is 0 Å². The van der Waals surface area contributed by atoms with E-state index in [-0.39, 0.29) is 17.7 Å². The lowest BCUT2D eigenvalue weighted by Gasteiger charge is -2.35. The van der Waals surface area contributed by atoms with Crippen molar-refractivity contribution in [3.05, 3.63) is 65.4 Å². The quantitative estimate of drug-likeness (QED) is 0.554. The second-order valence-corrected chi connectivity index (χ2v) is 7.58. The standard InChI is InChI=1S/C24H25FN4O4/c1-5-11-29-14(2)20(23-27-22(28-33-23)16-7-6-8-17(25)12-16)21(26-24(29)30)15-9-10-18(31-3)19(13-15)32-4/h6-10,12-13,21H,5,11H2,1-4H3,(H,26,30). The van der Waals surface area contributed by atoms with Crippen LogP contribution in [-0.4, -0.2) is 41.8 Å². The van der Waals surface area contributed by atoms with Crippen molar-refractivity contribution in [3.8, 4) is 22.9 Å². The number of hydrogen-bond acceptors (Lipinski definition) is 6. The van der Waals surface area contributed by atoms with Gasteiger partial charge in [0.15, 0.2) is 11.5 Å². The number of hydrogen-bond donors (Lipinski definition) is 1. The Hall–Kier alpha value is -3.88. The van der Waals surface area contributed by atoms with Gasteiger partial charge in [0.2, 0.25) is 5.82 Å². The molecule has 9 heteroatoms. The molecule has 0 aliphatic carbocycles. The monoisotopic (exact) mass is 452 g/mol. The molecule has 0 radical (unpaired) electrons. The van der Waals surface area contributed by atoms with Crippen LogP contribution in [0.15, 0.2) is 52.7 Å². The minimum absolute atomic E-state index is 0.220. The Morgan fingerprint density at radius 3 is 2.64 bits per heavy atom. The molecule has 1 N–H and O–H groups in total. The fourth-order valence-corrected chi connectivity index (χ4v) is 3.91. The summed E-state index contributed by atoms with van der Waals surface area (Å²) >= 11 is 0. The summed E-state index contributed by atoms with van der Waals surface area (Å²) in [6, 6.07) is 10.6. The van der Waals surface area contributed by atoms with Crippen molar-refractivity contribution >= 4 is 11.6 Å². The molecule has 1 aromatic heterocycles. The Kier molecular flexibility index (Phi) is 6.30. The molecule has 1 unspecified atom stereocenters. The lowest BCUT2D eigenvalue weighted by atomic mass is 9.94. The van der Waals surface area contributed by atoms with Crippen LogP contribution in [0.25, 0.3) is 17.0 Å². The lowest BCUT2D eigenvalue weighted by Crippen LogP contribution is -2.46. The van der Waals surface area contributed by atoms with E-state index in [1.807, 2.05) is 19.9 Å². The van der Waals surface area contributed by atoms with Gasteiger partial charge < -0.3 is 19.3 Å². The number of rotatable bonds is 7. The number of urea groups is 1. The maximum absolute atomic E-state index is 13.7. The van der Waals surface area contributed by atoms with Crippen LogP contribution in [0.4, 0.5) is 9.18 Å². The Morgan fingerprint density at radius 2 is 1.94 bits per heavy atom. The zero-order valence-corrected chi connectivity index (χ0v) is 18.9.